The van der Waals surface area contributed by atoms with E-state index in [1.807, 2.05) is 24.9 Å². The average molecular weight is 426 g/mol. The molecule has 0 bridgehead atoms. The van der Waals surface area contributed by atoms with E-state index in [-0.39, 0.29) is 17.2 Å². The third-order valence-corrected chi connectivity index (χ3v) is 6.57. The second-order valence-electron chi connectivity index (χ2n) is 8.58. The Balaban J connectivity index is 1.54. The van der Waals surface area contributed by atoms with Crippen LogP contribution in [0.15, 0.2) is 30.3 Å². The van der Waals surface area contributed by atoms with E-state index >= 15 is 4.39 Å². The summed E-state index contributed by atoms with van der Waals surface area (Å²) in [4.78, 5) is 3.25. The van der Waals surface area contributed by atoms with Crippen LogP contribution in [0.5, 0.6) is 5.75 Å². The molecule has 0 aliphatic heterocycles. The SMILES string of the molecule is CC[C@@]1(C)CCC[C@@H](N(C)c2ccc(-c3ccc(-n4nnc(C)n4)cc3O)nn2)[C@@H]1F. The molecule has 31 heavy (non-hydrogen) atoms. The molecule has 1 aromatic carbocycles. The number of halogens is 1. The summed E-state index contributed by atoms with van der Waals surface area (Å²) in [6.45, 7) is 5.84. The Hall–Kier alpha value is -3.10. The smallest absolute Gasteiger partial charge is 0.172 e. The van der Waals surface area contributed by atoms with Crippen molar-refractivity contribution in [2.45, 2.75) is 58.7 Å². The van der Waals surface area contributed by atoms with E-state index in [9.17, 15) is 5.11 Å². The maximum Gasteiger partial charge on any atom is 0.172 e. The van der Waals surface area contributed by atoms with Gasteiger partial charge in [0.15, 0.2) is 11.6 Å². The van der Waals surface area contributed by atoms with Crippen molar-refractivity contribution in [2.75, 3.05) is 11.9 Å². The molecule has 0 saturated heterocycles. The summed E-state index contributed by atoms with van der Waals surface area (Å²) in [5.41, 5.74) is 1.37. The third kappa shape index (κ3) is 3.96. The highest BCUT2D eigenvalue weighted by molar-refractivity contribution is 5.68. The molecule has 1 fully saturated rings. The average Bonchev–Trinajstić information content (AvgIpc) is 3.22. The van der Waals surface area contributed by atoms with Crippen molar-refractivity contribution in [1.82, 2.24) is 30.4 Å². The molecular weight excluding hydrogens is 397 g/mol. The number of hydrogen-bond donors (Lipinski definition) is 1. The Labute approximate surface area is 181 Å². The van der Waals surface area contributed by atoms with Crippen LogP contribution in [0.2, 0.25) is 0 Å². The molecule has 8 nitrogen and oxygen atoms in total. The number of aryl methyl sites for hydroxylation is 1. The van der Waals surface area contributed by atoms with Gasteiger partial charge in [0.2, 0.25) is 0 Å². The van der Waals surface area contributed by atoms with Crippen molar-refractivity contribution in [2.24, 2.45) is 5.41 Å². The first-order chi connectivity index (χ1) is 14.8. The standard InChI is InChI=1S/C22H28FN7O/c1-5-22(3)12-6-7-18(21(22)23)29(4)20-11-10-17(25-26-20)16-9-8-15(13-19(16)31)30-27-14(2)24-28-30/h8-11,13,18,21,31H,5-7,12H2,1-4H3/t18-,21+,22+/m1/s1. The number of nitrogens with zero attached hydrogens (tertiary/aromatic N) is 7. The van der Waals surface area contributed by atoms with Crippen molar-refractivity contribution < 1.29 is 9.50 Å². The minimum Gasteiger partial charge on any atom is -0.507 e. The van der Waals surface area contributed by atoms with Gasteiger partial charge in [0, 0.05) is 24.1 Å². The number of tetrazole rings is 1. The zero-order chi connectivity index (χ0) is 22.2. The fraction of sp³-hybridized carbons (Fsp3) is 0.500. The van der Waals surface area contributed by atoms with E-state index in [1.54, 1.807) is 31.2 Å². The number of phenols is 1. The van der Waals surface area contributed by atoms with Gasteiger partial charge < -0.3 is 10.0 Å². The zero-order valence-electron chi connectivity index (χ0n) is 18.3. The Bertz CT molecular complexity index is 1050. The van der Waals surface area contributed by atoms with Crippen LogP contribution >= 0.6 is 0 Å². The lowest BCUT2D eigenvalue weighted by atomic mass is 9.70. The van der Waals surface area contributed by atoms with Gasteiger partial charge in [-0.25, -0.2) is 4.39 Å². The fourth-order valence-corrected chi connectivity index (χ4v) is 4.31. The maximum absolute atomic E-state index is 15.3. The van der Waals surface area contributed by atoms with Gasteiger partial charge in [-0.05, 0) is 55.7 Å². The highest BCUT2D eigenvalue weighted by Gasteiger charge is 2.43. The molecule has 1 aliphatic carbocycles. The summed E-state index contributed by atoms with van der Waals surface area (Å²) in [5, 5.41) is 31.0. The van der Waals surface area contributed by atoms with E-state index in [0.29, 0.717) is 28.6 Å². The van der Waals surface area contributed by atoms with Crippen molar-refractivity contribution in [3.63, 3.8) is 0 Å². The number of aromatic hydroxyl groups is 1. The zero-order valence-corrected chi connectivity index (χ0v) is 18.3. The molecule has 0 amide bonds. The number of aromatic nitrogens is 6. The van der Waals surface area contributed by atoms with Crippen LogP contribution in [-0.2, 0) is 0 Å². The minimum absolute atomic E-state index is 0.0395. The molecule has 164 valence electrons. The Morgan fingerprint density at radius 1 is 1.23 bits per heavy atom. The highest BCUT2D eigenvalue weighted by Crippen LogP contribution is 2.43. The van der Waals surface area contributed by atoms with Crippen LogP contribution in [0.4, 0.5) is 10.2 Å². The second kappa shape index (κ2) is 8.20. The van der Waals surface area contributed by atoms with E-state index in [0.717, 1.165) is 25.7 Å². The molecule has 1 saturated carbocycles. The van der Waals surface area contributed by atoms with Gasteiger partial charge in [-0.2, -0.15) is 0 Å². The van der Waals surface area contributed by atoms with Crippen molar-refractivity contribution >= 4 is 5.82 Å². The minimum atomic E-state index is -0.914. The number of alkyl halides is 1. The van der Waals surface area contributed by atoms with Gasteiger partial charge in [-0.1, -0.05) is 20.3 Å². The molecular formula is C22H28FN7O. The number of rotatable bonds is 5. The quantitative estimate of drug-likeness (QED) is 0.663. The number of anilines is 1. The lowest BCUT2D eigenvalue weighted by molar-refractivity contribution is 0.0493. The normalized spacial score (nSPS) is 23.6. The van der Waals surface area contributed by atoms with E-state index < -0.39 is 6.17 Å². The fourth-order valence-electron chi connectivity index (χ4n) is 4.31. The highest BCUT2D eigenvalue weighted by atomic mass is 19.1. The Kier molecular flexibility index (Phi) is 5.60. The van der Waals surface area contributed by atoms with Gasteiger partial charge in [0.1, 0.15) is 11.9 Å². The third-order valence-electron chi connectivity index (χ3n) is 6.57. The molecule has 1 aliphatic rings. The van der Waals surface area contributed by atoms with Crippen molar-refractivity contribution in [3.05, 3.63) is 36.2 Å². The summed E-state index contributed by atoms with van der Waals surface area (Å²) in [7, 11) is 1.88. The number of hydrogen-bond acceptors (Lipinski definition) is 7. The molecule has 0 radical (unpaired) electrons. The first-order valence-corrected chi connectivity index (χ1v) is 10.6. The van der Waals surface area contributed by atoms with Gasteiger partial charge >= 0.3 is 0 Å². The Morgan fingerprint density at radius 3 is 2.65 bits per heavy atom. The molecule has 4 rings (SSSR count). The number of benzene rings is 1. The molecule has 9 heteroatoms. The van der Waals surface area contributed by atoms with Crippen LogP contribution in [0.1, 0.15) is 45.4 Å². The molecule has 3 atom stereocenters. The topological polar surface area (TPSA) is 92.9 Å². The molecule has 0 unspecified atom stereocenters. The monoisotopic (exact) mass is 425 g/mol. The van der Waals surface area contributed by atoms with E-state index in [4.69, 9.17) is 0 Å². The van der Waals surface area contributed by atoms with Gasteiger partial charge in [-0.15, -0.1) is 25.2 Å². The number of phenolic OH excluding ortho intramolecular Hbond substituents is 1. The van der Waals surface area contributed by atoms with Crippen molar-refractivity contribution in [3.8, 4) is 22.7 Å². The summed E-state index contributed by atoms with van der Waals surface area (Å²) >= 11 is 0. The van der Waals surface area contributed by atoms with Crippen LogP contribution in [0, 0.1) is 12.3 Å². The first kappa shape index (κ1) is 21.1. The van der Waals surface area contributed by atoms with Gasteiger partial charge in [-0.3, -0.25) is 0 Å². The first-order valence-electron chi connectivity index (χ1n) is 10.6. The molecule has 2 heterocycles. The Morgan fingerprint density at radius 2 is 2.03 bits per heavy atom. The summed E-state index contributed by atoms with van der Waals surface area (Å²) in [5.74, 6) is 1.20. The van der Waals surface area contributed by atoms with Crippen LogP contribution in [0.3, 0.4) is 0 Å². The second-order valence-corrected chi connectivity index (χ2v) is 8.58. The van der Waals surface area contributed by atoms with Crippen molar-refractivity contribution in [1.29, 1.82) is 0 Å². The van der Waals surface area contributed by atoms with E-state index in [2.05, 4.69) is 32.5 Å². The molecule has 0 spiro atoms. The largest absolute Gasteiger partial charge is 0.507 e. The van der Waals surface area contributed by atoms with Crippen LogP contribution in [-0.4, -0.2) is 54.8 Å². The molecule has 2 aromatic heterocycles. The predicted molar refractivity (Wildman–Crippen MR) is 116 cm³/mol. The lowest BCUT2D eigenvalue weighted by Gasteiger charge is -2.44. The maximum atomic E-state index is 15.3. The summed E-state index contributed by atoms with van der Waals surface area (Å²) in [6.07, 6.45) is 2.63. The summed E-state index contributed by atoms with van der Waals surface area (Å²) in [6, 6.07) is 8.47. The summed E-state index contributed by atoms with van der Waals surface area (Å²) < 4.78 is 15.3. The lowest BCUT2D eigenvalue weighted by Crippen LogP contribution is -2.50. The van der Waals surface area contributed by atoms with E-state index in [1.165, 1.54) is 4.80 Å². The predicted octanol–water partition coefficient (Wildman–Crippen LogP) is 3.88. The van der Waals surface area contributed by atoms with Crippen LogP contribution < -0.4 is 4.90 Å². The van der Waals surface area contributed by atoms with Crippen LogP contribution in [0.25, 0.3) is 16.9 Å². The molecule has 3 aromatic rings. The molecule has 1 N–H and O–H groups in total. The van der Waals surface area contributed by atoms with Gasteiger partial charge in [0.05, 0.1) is 17.4 Å². The van der Waals surface area contributed by atoms with Gasteiger partial charge in [0.25, 0.3) is 0 Å².